The van der Waals surface area contributed by atoms with Crippen molar-refractivity contribution >= 4 is 5.91 Å². The number of carbonyl (C=O) groups excluding carboxylic acids is 1. The molecule has 0 unspecified atom stereocenters. The Balaban J connectivity index is 1.36. The van der Waals surface area contributed by atoms with Gasteiger partial charge >= 0.3 is 0 Å². The van der Waals surface area contributed by atoms with Crippen molar-refractivity contribution in [3.63, 3.8) is 0 Å². The molecule has 2 aliphatic heterocycles. The third-order valence-corrected chi connectivity index (χ3v) is 7.26. The summed E-state index contributed by atoms with van der Waals surface area (Å²) in [5.74, 6) is -0.00930. The van der Waals surface area contributed by atoms with Crippen molar-refractivity contribution in [3.05, 3.63) is 90.0 Å². The molecule has 2 fully saturated rings. The second-order valence-corrected chi connectivity index (χ2v) is 9.23. The van der Waals surface area contributed by atoms with Gasteiger partial charge in [0.05, 0.1) is 13.0 Å². The highest BCUT2D eigenvalue weighted by Crippen LogP contribution is 2.42. The maximum atomic E-state index is 14.2. The highest BCUT2D eigenvalue weighted by atomic mass is 19.1. The van der Waals surface area contributed by atoms with Gasteiger partial charge in [0.25, 0.3) is 0 Å². The van der Waals surface area contributed by atoms with Gasteiger partial charge in [-0.25, -0.2) is 4.39 Å². The van der Waals surface area contributed by atoms with Crippen LogP contribution in [0.25, 0.3) is 11.1 Å². The highest BCUT2D eigenvalue weighted by Gasteiger charge is 2.49. The summed E-state index contributed by atoms with van der Waals surface area (Å²) in [5, 5.41) is 10.2. The molecule has 2 saturated heterocycles. The molecule has 0 spiro atoms. The predicted molar refractivity (Wildman–Crippen MR) is 130 cm³/mol. The van der Waals surface area contributed by atoms with Gasteiger partial charge in [0.15, 0.2) is 0 Å². The van der Waals surface area contributed by atoms with Crippen LogP contribution in [0, 0.1) is 5.82 Å². The monoisotopic (exact) mass is 459 g/mol. The average Bonchev–Trinajstić information content (AvgIpc) is 2.84. The largest absolute Gasteiger partial charge is 0.395 e. The second-order valence-electron chi connectivity index (χ2n) is 9.23. The summed E-state index contributed by atoms with van der Waals surface area (Å²) < 4.78 is 14.2. The number of rotatable bonds is 5. The number of aliphatic hydroxyl groups excluding tert-OH is 1. The van der Waals surface area contributed by atoms with Gasteiger partial charge in [0.1, 0.15) is 5.82 Å². The Morgan fingerprint density at radius 2 is 1.76 bits per heavy atom. The topological polar surface area (TPSA) is 56.7 Å². The minimum Gasteiger partial charge on any atom is -0.395 e. The quantitative estimate of drug-likeness (QED) is 0.629. The molecule has 0 radical (unpaired) electrons. The maximum Gasteiger partial charge on any atom is 0.228 e. The number of hydrogen-bond donors (Lipinski definition) is 1. The van der Waals surface area contributed by atoms with Crippen molar-refractivity contribution in [1.29, 1.82) is 0 Å². The van der Waals surface area contributed by atoms with E-state index in [0.29, 0.717) is 18.5 Å². The Labute approximate surface area is 199 Å². The molecule has 1 N–H and O–H groups in total. The van der Waals surface area contributed by atoms with E-state index in [1.165, 1.54) is 6.07 Å². The van der Waals surface area contributed by atoms with Crippen LogP contribution in [0.5, 0.6) is 0 Å². The van der Waals surface area contributed by atoms with E-state index in [-0.39, 0.29) is 36.3 Å². The molecule has 0 saturated carbocycles. The molecular weight excluding hydrogens is 429 g/mol. The first kappa shape index (κ1) is 22.7. The number of halogens is 1. The van der Waals surface area contributed by atoms with Crippen LogP contribution in [-0.4, -0.2) is 64.1 Å². The molecular formula is C28H30FN3O2. The fourth-order valence-corrected chi connectivity index (χ4v) is 5.52. The van der Waals surface area contributed by atoms with Crippen LogP contribution in [0.3, 0.4) is 0 Å². The van der Waals surface area contributed by atoms with Crippen molar-refractivity contribution < 1.29 is 14.3 Å². The number of fused-ring (bicyclic) bond motifs is 1. The van der Waals surface area contributed by atoms with Crippen LogP contribution in [0.15, 0.2) is 72.9 Å². The first-order valence-electron chi connectivity index (χ1n) is 12.0. The van der Waals surface area contributed by atoms with Gasteiger partial charge in [-0.2, -0.15) is 0 Å². The molecule has 3 atom stereocenters. The van der Waals surface area contributed by atoms with E-state index in [1.54, 1.807) is 18.3 Å². The van der Waals surface area contributed by atoms with Crippen LogP contribution < -0.4 is 0 Å². The van der Waals surface area contributed by atoms with Gasteiger partial charge < -0.3 is 10.0 Å². The minimum absolute atomic E-state index is 0.0372. The minimum atomic E-state index is -0.236. The van der Waals surface area contributed by atoms with Crippen LogP contribution >= 0.6 is 0 Å². The number of amides is 1. The van der Waals surface area contributed by atoms with Crippen molar-refractivity contribution in [2.24, 2.45) is 0 Å². The summed E-state index contributed by atoms with van der Waals surface area (Å²) in [7, 11) is 0. The zero-order valence-electron chi connectivity index (χ0n) is 19.2. The Kier molecular flexibility index (Phi) is 6.70. The SMILES string of the molecule is O=C(Cc1ccccn1)N1CCCCN2[C@H](C1)[C@H](c1ccc(-c3ccccc3F)cc1)[C@@H]2CO. The number of carbonyl (C=O) groups is 1. The number of aromatic nitrogens is 1. The standard InChI is InChI=1S/C28H30FN3O2/c29-24-9-2-1-8-23(24)20-10-12-21(13-11-20)28-25-18-31(15-5-6-16-32(25)26(28)19-33)27(34)17-22-7-3-4-14-30-22/h1-4,7-14,25-26,28,33H,5-6,15-19H2/t25-,26+,28+/m1/s1. The van der Waals surface area contributed by atoms with Crippen molar-refractivity contribution in [2.45, 2.75) is 37.3 Å². The third-order valence-electron chi connectivity index (χ3n) is 7.26. The van der Waals surface area contributed by atoms with E-state index < -0.39 is 0 Å². The van der Waals surface area contributed by atoms with Crippen LogP contribution in [0.4, 0.5) is 4.39 Å². The van der Waals surface area contributed by atoms with Crippen LogP contribution in [-0.2, 0) is 11.2 Å². The van der Waals surface area contributed by atoms with E-state index in [1.807, 2.05) is 53.4 Å². The fourth-order valence-electron chi connectivity index (χ4n) is 5.52. The van der Waals surface area contributed by atoms with E-state index in [4.69, 9.17) is 0 Å². The Hall–Kier alpha value is -3.09. The number of nitrogens with zero attached hydrogens (tertiary/aromatic N) is 3. The van der Waals surface area contributed by atoms with Crippen LogP contribution in [0.1, 0.15) is 30.0 Å². The second kappa shape index (κ2) is 10.0. The summed E-state index contributed by atoms with van der Waals surface area (Å²) in [4.78, 5) is 21.8. The Bertz CT molecular complexity index is 1120. The molecule has 176 valence electrons. The van der Waals surface area contributed by atoms with E-state index in [0.717, 1.165) is 42.8 Å². The lowest BCUT2D eigenvalue weighted by atomic mass is 9.74. The van der Waals surface area contributed by atoms with Gasteiger partial charge in [-0.3, -0.25) is 14.7 Å². The Morgan fingerprint density at radius 1 is 1.00 bits per heavy atom. The zero-order valence-corrected chi connectivity index (χ0v) is 19.2. The van der Waals surface area contributed by atoms with Crippen molar-refractivity contribution in [1.82, 2.24) is 14.8 Å². The number of aliphatic hydroxyl groups is 1. The summed E-state index contributed by atoms with van der Waals surface area (Å²) >= 11 is 0. The first-order chi connectivity index (χ1) is 16.7. The van der Waals surface area contributed by atoms with Gasteiger partial charge in [0, 0.05) is 48.5 Å². The lowest BCUT2D eigenvalue weighted by Crippen LogP contribution is -2.68. The molecule has 1 aromatic heterocycles. The molecule has 0 bridgehead atoms. The molecule has 0 aliphatic carbocycles. The lowest BCUT2D eigenvalue weighted by Gasteiger charge is -2.57. The zero-order chi connectivity index (χ0) is 23.5. The van der Waals surface area contributed by atoms with Gasteiger partial charge in [-0.15, -0.1) is 0 Å². The first-order valence-corrected chi connectivity index (χ1v) is 12.0. The number of pyridine rings is 1. The van der Waals surface area contributed by atoms with Crippen molar-refractivity contribution in [2.75, 3.05) is 26.2 Å². The fraction of sp³-hybridized carbons (Fsp3) is 0.357. The maximum absolute atomic E-state index is 14.2. The molecule has 6 heteroatoms. The van der Waals surface area contributed by atoms with E-state index >= 15 is 0 Å². The predicted octanol–water partition coefficient (Wildman–Crippen LogP) is 3.88. The molecule has 1 amide bonds. The summed E-state index contributed by atoms with van der Waals surface area (Å²) in [6.45, 7) is 2.40. The summed E-state index contributed by atoms with van der Waals surface area (Å²) in [6.07, 6.45) is 3.98. The van der Waals surface area contributed by atoms with Crippen LogP contribution in [0.2, 0.25) is 0 Å². The molecule has 5 nitrogen and oxygen atoms in total. The third kappa shape index (κ3) is 4.48. The molecule has 2 aliphatic rings. The normalized spacial score (nSPS) is 22.9. The average molecular weight is 460 g/mol. The Morgan fingerprint density at radius 3 is 2.50 bits per heavy atom. The molecule has 3 aromatic rings. The summed E-state index contributed by atoms with van der Waals surface area (Å²) in [5.41, 5.74) is 3.33. The highest BCUT2D eigenvalue weighted by molar-refractivity contribution is 5.78. The van der Waals surface area contributed by atoms with Gasteiger partial charge in [-0.1, -0.05) is 48.5 Å². The van der Waals surface area contributed by atoms with Gasteiger partial charge in [-0.05, 0) is 48.7 Å². The number of benzene rings is 2. The van der Waals surface area contributed by atoms with Gasteiger partial charge in [0.2, 0.25) is 5.91 Å². The number of hydrogen-bond acceptors (Lipinski definition) is 4. The van der Waals surface area contributed by atoms with Crippen molar-refractivity contribution in [3.8, 4) is 11.1 Å². The molecule has 2 aromatic carbocycles. The molecule has 3 heterocycles. The van der Waals surface area contributed by atoms with E-state index in [9.17, 15) is 14.3 Å². The smallest absolute Gasteiger partial charge is 0.228 e. The molecule has 5 rings (SSSR count). The van der Waals surface area contributed by atoms with E-state index in [2.05, 4.69) is 9.88 Å². The molecule has 34 heavy (non-hydrogen) atoms. The summed E-state index contributed by atoms with van der Waals surface area (Å²) in [6, 6.07) is 20.6. The lowest BCUT2D eigenvalue weighted by molar-refractivity contribution is -0.135.